The Labute approximate surface area is 176 Å². The number of hydrogen-bond acceptors (Lipinski definition) is 7. The molecule has 2 N–H and O–H groups in total. The third-order valence-corrected chi connectivity index (χ3v) is 4.99. The van der Waals surface area contributed by atoms with Gasteiger partial charge in [0.05, 0.1) is 19.9 Å². The Hall–Kier alpha value is -3.53. The van der Waals surface area contributed by atoms with Crippen molar-refractivity contribution in [2.24, 2.45) is 0 Å². The Bertz CT molecular complexity index is 1040. The van der Waals surface area contributed by atoms with Crippen LogP contribution < -0.4 is 20.1 Å². The van der Waals surface area contributed by atoms with E-state index in [1.54, 1.807) is 25.3 Å². The Morgan fingerprint density at radius 2 is 1.80 bits per heavy atom. The topological polar surface area (TPSA) is 102 Å². The average Bonchev–Trinajstić information content (AvgIpc) is 3.23. The summed E-state index contributed by atoms with van der Waals surface area (Å²) >= 11 is 1.09. The number of amides is 2. The van der Waals surface area contributed by atoms with Crippen molar-refractivity contribution < 1.29 is 23.5 Å². The van der Waals surface area contributed by atoms with Crippen LogP contribution in [0.5, 0.6) is 11.5 Å². The van der Waals surface area contributed by atoms with E-state index in [0.29, 0.717) is 34.3 Å². The third-order valence-electron chi connectivity index (χ3n) is 4.01. The van der Waals surface area contributed by atoms with Gasteiger partial charge >= 0.3 is 0 Å². The first-order valence-corrected chi connectivity index (χ1v) is 9.71. The molecule has 0 unspecified atom stereocenters. The van der Waals surface area contributed by atoms with E-state index in [1.807, 2.05) is 0 Å². The maximum atomic E-state index is 12.9. The lowest BCUT2D eigenvalue weighted by atomic mass is 10.2. The van der Waals surface area contributed by atoms with Gasteiger partial charge in [0, 0.05) is 24.6 Å². The van der Waals surface area contributed by atoms with Crippen molar-refractivity contribution in [3.05, 3.63) is 58.3 Å². The van der Waals surface area contributed by atoms with Crippen LogP contribution in [0.1, 0.15) is 21.2 Å². The zero-order chi connectivity index (χ0) is 21.5. The Balaban J connectivity index is 1.54. The van der Waals surface area contributed by atoms with Gasteiger partial charge < -0.3 is 20.1 Å². The SMILES string of the molecule is COc1ccc(NC(=O)CCc2nnc(C(=O)Nc3ccc(F)cc3)s2)c(OC)c1. The molecule has 0 bridgehead atoms. The van der Waals surface area contributed by atoms with Gasteiger partial charge in [0.15, 0.2) is 0 Å². The zero-order valence-corrected chi connectivity index (χ0v) is 17.1. The van der Waals surface area contributed by atoms with E-state index in [1.165, 1.54) is 31.4 Å². The van der Waals surface area contributed by atoms with Crippen molar-refractivity contribution in [3.63, 3.8) is 0 Å². The fourth-order valence-corrected chi connectivity index (χ4v) is 3.23. The summed E-state index contributed by atoms with van der Waals surface area (Å²) in [6.07, 6.45) is 0.481. The molecule has 3 aromatic rings. The van der Waals surface area contributed by atoms with E-state index >= 15 is 0 Å². The normalized spacial score (nSPS) is 10.4. The van der Waals surface area contributed by atoms with Gasteiger partial charge in [-0.05, 0) is 36.4 Å². The van der Waals surface area contributed by atoms with Gasteiger partial charge in [-0.15, -0.1) is 10.2 Å². The highest BCUT2D eigenvalue weighted by molar-refractivity contribution is 7.13. The van der Waals surface area contributed by atoms with Crippen LogP contribution in [0.3, 0.4) is 0 Å². The molecule has 3 rings (SSSR count). The molecular weight excluding hydrogens is 411 g/mol. The molecule has 0 radical (unpaired) electrons. The van der Waals surface area contributed by atoms with Crippen molar-refractivity contribution in [2.45, 2.75) is 12.8 Å². The van der Waals surface area contributed by atoms with Crippen LogP contribution in [0.25, 0.3) is 0 Å². The molecule has 0 saturated heterocycles. The highest BCUT2D eigenvalue weighted by atomic mass is 32.1. The molecule has 0 spiro atoms. The number of carbonyl (C=O) groups is 2. The molecule has 0 saturated carbocycles. The number of anilines is 2. The second-order valence-corrected chi connectivity index (χ2v) is 7.14. The van der Waals surface area contributed by atoms with Crippen LogP contribution in [0.2, 0.25) is 0 Å². The number of aryl methyl sites for hydroxylation is 1. The average molecular weight is 430 g/mol. The van der Waals surface area contributed by atoms with E-state index in [0.717, 1.165) is 11.3 Å². The van der Waals surface area contributed by atoms with Gasteiger partial charge in [0.2, 0.25) is 10.9 Å². The molecule has 10 heteroatoms. The standard InChI is InChI=1S/C20H19FN4O4S/c1-28-14-7-8-15(16(11-14)29-2)23-17(26)9-10-18-24-25-20(30-18)19(27)22-13-5-3-12(21)4-6-13/h3-8,11H,9-10H2,1-2H3,(H,22,27)(H,23,26). The summed E-state index contributed by atoms with van der Waals surface area (Å²) < 4.78 is 23.3. The van der Waals surface area contributed by atoms with Crippen molar-refractivity contribution in [3.8, 4) is 11.5 Å². The first kappa shape index (κ1) is 21.2. The lowest BCUT2D eigenvalue weighted by Crippen LogP contribution is -2.13. The van der Waals surface area contributed by atoms with Gasteiger partial charge in [-0.1, -0.05) is 11.3 Å². The highest BCUT2D eigenvalue weighted by Gasteiger charge is 2.15. The molecule has 30 heavy (non-hydrogen) atoms. The number of ether oxygens (including phenoxy) is 2. The van der Waals surface area contributed by atoms with E-state index in [9.17, 15) is 14.0 Å². The van der Waals surface area contributed by atoms with E-state index in [-0.39, 0.29) is 17.3 Å². The van der Waals surface area contributed by atoms with E-state index < -0.39 is 11.7 Å². The van der Waals surface area contributed by atoms with Crippen molar-refractivity contribution >= 4 is 34.5 Å². The zero-order valence-electron chi connectivity index (χ0n) is 16.3. The summed E-state index contributed by atoms with van der Waals surface area (Å²) in [5.41, 5.74) is 0.978. The minimum atomic E-state index is -0.447. The number of rotatable bonds is 8. The maximum Gasteiger partial charge on any atom is 0.286 e. The summed E-state index contributed by atoms with van der Waals surface area (Å²) in [4.78, 5) is 24.5. The number of nitrogens with zero attached hydrogens (tertiary/aromatic N) is 2. The minimum Gasteiger partial charge on any atom is -0.497 e. The van der Waals surface area contributed by atoms with Crippen molar-refractivity contribution in [1.29, 1.82) is 0 Å². The highest BCUT2D eigenvalue weighted by Crippen LogP contribution is 2.29. The molecule has 0 fully saturated rings. The number of halogens is 1. The van der Waals surface area contributed by atoms with E-state index in [2.05, 4.69) is 20.8 Å². The van der Waals surface area contributed by atoms with Gasteiger partial charge in [-0.3, -0.25) is 9.59 Å². The van der Waals surface area contributed by atoms with Crippen LogP contribution >= 0.6 is 11.3 Å². The molecule has 0 aliphatic carbocycles. The Kier molecular flexibility index (Phi) is 6.91. The summed E-state index contributed by atoms with van der Waals surface area (Å²) in [6.45, 7) is 0. The summed E-state index contributed by atoms with van der Waals surface area (Å²) in [5, 5.41) is 13.9. The lowest BCUT2D eigenvalue weighted by Gasteiger charge is -2.11. The fourth-order valence-electron chi connectivity index (χ4n) is 2.50. The Morgan fingerprint density at radius 3 is 2.50 bits per heavy atom. The molecule has 8 nitrogen and oxygen atoms in total. The monoisotopic (exact) mass is 430 g/mol. The number of aromatic nitrogens is 2. The van der Waals surface area contributed by atoms with Gasteiger partial charge in [-0.25, -0.2) is 4.39 Å². The number of methoxy groups -OCH3 is 2. The van der Waals surface area contributed by atoms with Crippen LogP contribution in [0.15, 0.2) is 42.5 Å². The first-order chi connectivity index (χ1) is 14.5. The maximum absolute atomic E-state index is 12.9. The number of benzene rings is 2. The number of hydrogen-bond donors (Lipinski definition) is 2. The lowest BCUT2D eigenvalue weighted by molar-refractivity contribution is -0.116. The Morgan fingerprint density at radius 1 is 1.03 bits per heavy atom. The van der Waals surface area contributed by atoms with Gasteiger partial charge in [0.25, 0.3) is 5.91 Å². The minimum absolute atomic E-state index is 0.156. The predicted molar refractivity (Wildman–Crippen MR) is 111 cm³/mol. The molecule has 2 amide bonds. The molecule has 1 aromatic heterocycles. The van der Waals surface area contributed by atoms with Gasteiger partial charge in [0.1, 0.15) is 22.3 Å². The van der Waals surface area contributed by atoms with Crippen molar-refractivity contribution in [1.82, 2.24) is 10.2 Å². The predicted octanol–water partition coefficient (Wildman–Crippen LogP) is 3.52. The second kappa shape index (κ2) is 9.79. The molecule has 0 aliphatic heterocycles. The van der Waals surface area contributed by atoms with Crippen LogP contribution in [0, 0.1) is 5.82 Å². The second-order valence-electron chi connectivity index (χ2n) is 6.08. The largest absolute Gasteiger partial charge is 0.497 e. The molecule has 1 heterocycles. The molecule has 0 atom stereocenters. The molecule has 2 aromatic carbocycles. The number of nitrogens with one attached hydrogen (secondary N) is 2. The van der Waals surface area contributed by atoms with Crippen molar-refractivity contribution in [2.75, 3.05) is 24.9 Å². The fraction of sp³-hybridized carbons (Fsp3) is 0.200. The molecule has 0 aliphatic rings. The summed E-state index contributed by atoms with van der Waals surface area (Å²) in [5.74, 6) is 0.0315. The summed E-state index contributed by atoms with van der Waals surface area (Å²) in [7, 11) is 3.05. The van der Waals surface area contributed by atoms with Crippen LogP contribution in [-0.4, -0.2) is 36.2 Å². The van der Waals surface area contributed by atoms with Crippen LogP contribution in [-0.2, 0) is 11.2 Å². The summed E-state index contributed by atoms with van der Waals surface area (Å²) in [6, 6.07) is 10.5. The third kappa shape index (κ3) is 5.51. The molecule has 156 valence electrons. The van der Waals surface area contributed by atoms with E-state index in [4.69, 9.17) is 9.47 Å². The first-order valence-electron chi connectivity index (χ1n) is 8.89. The number of carbonyl (C=O) groups excluding carboxylic acids is 2. The van der Waals surface area contributed by atoms with Crippen LogP contribution in [0.4, 0.5) is 15.8 Å². The molecular formula is C20H19FN4O4S. The quantitative estimate of drug-likeness (QED) is 0.567. The van der Waals surface area contributed by atoms with Gasteiger partial charge in [-0.2, -0.15) is 0 Å². The smallest absolute Gasteiger partial charge is 0.286 e.